The number of hydrogen-bond donors (Lipinski definition) is 0. The summed E-state index contributed by atoms with van der Waals surface area (Å²) in [5, 5.41) is 0. The number of hydrogen-bond acceptors (Lipinski definition) is 1. The van der Waals surface area contributed by atoms with E-state index in [9.17, 15) is 4.79 Å². The first-order valence-corrected chi connectivity index (χ1v) is 7.18. The molecule has 0 heterocycles. The van der Waals surface area contributed by atoms with Crippen LogP contribution in [0.2, 0.25) is 0 Å². The summed E-state index contributed by atoms with van der Waals surface area (Å²) in [6, 6.07) is 0. The smallest absolute Gasteiger partial charge is 0.169 e. The van der Waals surface area contributed by atoms with Crippen molar-refractivity contribution in [2.75, 3.05) is 0 Å². The van der Waals surface area contributed by atoms with Gasteiger partial charge < -0.3 is 0 Å². The van der Waals surface area contributed by atoms with Gasteiger partial charge in [0.1, 0.15) is 0 Å². The van der Waals surface area contributed by atoms with E-state index < -0.39 is 0 Å². The Morgan fingerprint density at radius 1 is 1.06 bits per heavy atom. The summed E-state index contributed by atoms with van der Waals surface area (Å²) in [6.45, 7) is 4.28. The second-order valence-electron chi connectivity index (χ2n) is 5.51. The lowest BCUT2D eigenvalue weighted by Crippen LogP contribution is -2.28. The van der Waals surface area contributed by atoms with Crippen LogP contribution in [-0.4, -0.2) is 5.78 Å². The lowest BCUT2D eigenvalue weighted by atomic mass is 9.72. The Labute approximate surface area is 105 Å². The van der Waals surface area contributed by atoms with Gasteiger partial charge in [-0.25, -0.2) is 0 Å². The molecule has 2 rings (SSSR count). The number of carbonyl (C=O) groups is 1. The predicted molar refractivity (Wildman–Crippen MR) is 71.9 cm³/mol. The third-order valence-corrected chi connectivity index (χ3v) is 4.27. The maximum atomic E-state index is 12.6. The summed E-state index contributed by atoms with van der Waals surface area (Å²) in [5.41, 5.74) is 2.39. The Hall–Kier alpha value is -0.850. The van der Waals surface area contributed by atoms with Gasteiger partial charge in [-0.15, -0.1) is 0 Å². The van der Waals surface area contributed by atoms with E-state index in [-0.39, 0.29) is 5.41 Å². The molecule has 2 aliphatic carbocycles. The molecular formula is C16H24O. The summed E-state index contributed by atoms with van der Waals surface area (Å²) < 4.78 is 0. The fraction of sp³-hybridized carbons (Fsp3) is 0.688. The molecule has 0 bridgehead atoms. The van der Waals surface area contributed by atoms with Gasteiger partial charge in [0.15, 0.2) is 5.78 Å². The molecule has 0 aromatic heterocycles. The monoisotopic (exact) mass is 232 g/mol. The molecule has 94 valence electrons. The molecule has 0 N–H and O–H groups in total. The van der Waals surface area contributed by atoms with E-state index in [2.05, 4.69) is 26.0 Å². The van der Waals surface area contributed by atoms with Crippen molar-refractivity contribution in [1.82, 2.24) is 0 Å². The van der Waals surface area contributed by atoms with Gasteiger partial charge in [-0.1, -0.05) is 45.3 Å². The van der Waals surface area contributed by atoms with Crippen molar-refractivity contribution in [3.05, 3.63) is 23.3 Å². The van der Waals surface area contributed by atoms with Crippen molar-refractivity contribution in [3.63, 3.8) is 0 Å². The molecule has 0 aliphatic heterocycles. The van der Waals surface area contributed by atoms with Crippen LogP contribution in [0.3, 0.4) is 0 Å². The second kappa shape index (κ2) is 5.20. The molecule has 2 fully saturated rings. The molecular weight excluding hydrogens is 208 g/mol. The second-order valence-corrected chi connectivity index (χ2v) is 5.51. The van der Waals surface area contributed by atoms with E-state index in [0.29, 0.717) is 5.78 Å². The Balaban J connectivity index is 2.32. The first kappa shape index (κ1) is 12.6. The zero-order valence-electron chi connectivity index (χ0n) is 11.2. The molecule has 0 aromatic carbocycles. The summed E-state index contributed by atoms with van der Waals surface area (Å²) in [7, 11) is 0. The average Bonchev–Trinajstić information content (AvgIpc) is 2.57. The van der Waals surface area contributed by atoms with Gasteiger partial charge >= 0.3 is 0 Å². The average molecular weight is 232 g/mol. The predicted octanol–water partition coefficient (Wildman–Crippen LogP) is 4.58. The van der Waals surface area contributed by atoms with Crippen LogP contribution in [0.1, 0.15) is 65.2 Å². The van der Waals surface area contributed by atoms with Gasteiger partial charge in [-0.2, -0.15) is 0 Å². The lowest BCUT2D eigenvalue weighted by Gasteiger charge is -2.30. The molecule has 0 amide bonds. The van der Waals surface area contributed by atoms with Crippen molar-refractivity contribution in [3.8, 4) is 0 Å². The Kier molecular flexibility index (Phi) is 3.86. The van der Waals surface area contributed by atoms with E-state index in [1.807, 2.05) is 0 Å². The van der Waals surface area contributed by atoms with Crippen LogP contribution >= 0.6 is 0 Å². The molecule has 1 nitrogen and oxygen atoms in total. The zero-order valence-corrected chi connectivity index (χ0v) is 11.2. The highest BCUT2D eigenvalue weighted by Gasteiger charge is 2.46. The molecule has 0 atom stereocenters. The molecule has 2 saturated carbocycles. The molecule has 1 heteroatoms. The molecule has 1 spiro atoms. The third kappa shape index (κ3) is 2.25. The molecule has 2 aliphatic rings. The van der Waals surface area contributed by atoms with E-state index in [4.69, 9.17) is 0 Å². The molecule has 0 saturated heterocycles. The van der Waals surface area contributed by atoms with Gasteiger partial charge in [-0.3, -0.25) is 4.79 Å². The van der Waals surface area contributed by atoms with Crippen molar-refractivity contribution < 1.29 is 4.79 Å². The van der Waals surface area contributed by atoms with Crippen LogP contribution in [-0.2, 0) is 4.79 Å². The molecule has 0 radical (unpaired) electrons. The van der Waals surface area contributed by atoms with Crippen LogP contribution in [0.4, 0.5) is 0 Å². The van der Waals surface area contributed by atoms with Crippen molar-refractivity contribution in [2.45, 2.75) is 65.2 Å². The van der Waals surface area contributed by atoms with Crippen LogP contribution in [0.5, 0.6) is 0 Å². The Morgan fingerprint density at radius 2 is 1.71 bits per heavy atom. The Morgan fingerprint density at radius 3 is 2.29 bits per heavy atom. The normalized spacial score (nSPS) is 28.5. The summed E-state index contributed by atoms with van der Waals surface area (Å²) >= 11 is 0. The van der Waals surface area contributed by atoms with Crippen LogP contribution in [0.25, 0.3) is 0 Å². The summed E-state index contributed by atoms with van der Waals surface area (Å²) in [6.07, 6.45) is 13.5. The minimum absolute atomic E-state index is 0.000255. The molecule has 17 heavy (non-hydrogen) atoms. The van der Waals surface area contributed by atoms with Gasteiger partial charge in [0.25, 0.3) is 0 Å². The zero-order chi connectivity index (χ0) is 12.3. The van der Waals surface area contributed by atoms with Crippen LogP contribution in [0, 0.1) is 5.41 Å². The van der Waals surface area contributed by atoms with E-state index in [1.165, 1.54) is 24.8 Å². The first-order valence-electron chi connectivity index (χ1n) is 7.18. The van der Waals surface area contributed by atoms with E-state index in [1.54, 1.807) is 0 Å². The highest BCUT2D eigenvalue weighted by Crippen LogP contribution is 2.51. The number of Topliss-reactive ketones (excluding diaryl/α,β-unsaturated/α-hetero) is 1. The van der Waals surface area contributed by atoms with Crippen molar-refractivity contribution in [2.24, 2.45) is 5.41 Å². The van der Waals surface area contributed by atoms with Crippen LogP contribution < -0.4 is 0 Å². The molecule has 0 unspecified atom stereocenters. The minimum atomic E-state index is 0.000255. The minimum Gasteiger partial charge on any atom is -0.294 e. The fourth-order valence-corrected chi connectivity index (χ4v) is 3.46. The number of carbonyl (C=O) groups excluding carboxylic acids is 1. The highest BCUT2D eigenvalue weighted by molar-refractivity contribution is 6.07. The van der Waals surface area contributed by atoms with Crippen molar-refractivity contribution >= 4 is 5.78 Å². The number of rotatable bonds is 2. The van der Waals surface area contributed by atoms with E-state index >= 15 is 0 Å². The topological polar surface area (TPSA) is 17.1 Å². The summed E-state index contributed by atoms with van der Waals surface area (Å²) in [4.78, 5) is 12.6. The molecule has 0 aromatic rings. The van der Waals surface area contributed by atoms with Crippen molar-refractivity contribution in [1.29, 1.82) is 0 Å². The van der Waals surface area contributed by atoms with Crippen LogP contribution in [0.15, 0.2) is 23.3 Å². The maximum Gasteiger partial charge on any atom is 0.169 e. The maximum absolute atomic E-state index is 12.6. The highest BCUT2D eigenvalue weighted by atomic mass is 16.1. The Bertz CT molecular complexity index is 354. The summed E-state index contributed by atoms with van der Waals surface area (Å²) in [5.74, 6) is 0.457. The largest absolute Gasteiger partial charge is 0.294 e. The fourth-order valence-electron chi connectivity index (χ4n) is 3.46. The number of ketones is 1. The van der Waals surface area contributed by atoms with Gasteiger partial charge in [-0.05, 0) is 37.7 Å². The number of allylic oxidation sites excluding steroid dienone is 4. The van der Waals surface area contributed by atoms with Gasteiger partial charge in [0, 0.05) is 11.0 Å². The standard InChI is InChI=1S/C16H24O/c1-3-8-13-12-16(10-6-5-7-11-16)15(17)14(13)9-4-2/h8-9H,3-7,10-12H2,1-2H3/b13-8-,14-9+. The van der Waals surface area contributed by atoms with E-state index in [0.717, 1.165) is 37.7 Å². The quantitative estimate of drug-likeness (QED) is 0.637. The van der Waals surface area contributed by atoms with Gasteiger partial charge in [0.2, 0.25) is 0 Å². The SMILES string of the molecule is CC/C=C1/CC2(CCCCC2)C(=O)/C1=C/CC. The lowest BCUT2D eigenvalue weighted by molar-refractivity contribution is -0.124. The van der Waals surface area contributed by atoms with Gasteiger partial charge in [0.05, 0.1) is 0 Å². The third-order valence-electron chi connectivity index (χ3n) is 4.27. The first-order chi connectivity index (χ1) is 8.23.